The van der Waals surface area contributed by atoms with E-state index in [1.54, 1.807) is 0 Å². The molecule has 3 saturated heterocycles. The van der Waals surface area contributed by atoms with Crippen LogP contribution in [0, 0.1) is 5.92 Å². The minimum Gasteiger partial charge on any atom is -0.341 e. The second-order valence-electron chi connectivity index (χ2n) is 7.76. The first-order chi connectivity index (χ1) is 11.4. The zero-order valence-electron chi connectivity index (χ0n) is 14.8. The number of rotatable bonds is 4. The van der Waals surface area contributed by atoms with Gasteiger partial charge in [-0.3, -0.25) is 4.79 Å². The van der Waals surface area contributed by atoms with E-state index in [1.165, 1.54) is 32.2 Å². The number of nitrogens with one attached hydrogen (secondary N) is 1. The summed E-state index contributed by atoms with van der Waals surface area (Å²) in [4.78, 5) is 17.4. The van der Waals surface area contributed by atoms with Gasteiger partial charge in [0.25, 0.3) is 0 Å². The van der Waals surface area contributed by atoms with E-state index < -0.39 is 14.6 Å². The van der Waals surface area contributed by atoms with Crippen LogP contribution in [0.25, 0.3) is 0 Å². The minimum absolute atomic E-state index is 0.147. The fourth-order valence-electron chi connectivity index (χ4n) is 4.51. The molecular weight excluding hydrogens is 326 g/mol. The molecule has 0 atom stereocenters. The van der Waals surface area contributed by atoms with Gasteiger partial charge in [0.15, 0.2) is 14.6 Å². The largest absolute Gasteiger partial charge is 0.341 e. The third-order valence-electron chi connectivity index (χ3n) is 6.13. The molecular formula is C17H31N3O3S. The first-order valence-electron chi connectivity index (χ1n) is 9.34. The van der Waals surface area contributed by atoms with E-state index in [4.69, 9.17) is 0 Å². The van der Waals surface area contributed by atoms with Crippen LogP contribution in [0.5, 0.6) is 0 Å². The highest BCUT2D eigenvalue weighted by molar-refractivity contribution is 7.92. The number of sulfone groups is 1. The van der Waals surface area contributed by atoms with Crippen molar-refractivity contribution in [2.24, 2.45) is 5.92 Å². The molecule has 1 amide bonds. The quantitative estimate of drug-likeness (QED) is 0.793. The van der Waals surface area contributed by atoms with Gasteiger partial charge in [-0.25, -0.2) is 8.42 Å². The standard InChI is InChI=1S/C17H31N3O3S/c1-24(22,23)17(6-8-18-9-7-17)16(21)20-12-4-15(5-13-20)14-19-10-2-3-11-19/h15,18H,2-14H2,1H3. The smallest absolute Gasteiger partial charge is 0.244 e. The van der Waals surface area contributed by atoms with Gasteiger partial charge in [-0.15, -0.1) is 0 Å². The number of amides is 1. The van der Waals surface area contributed by atoms with Gasteiger partial charge in [-0.2, -0.15) is 0 Å². The molecule has 0 aliphatic carbocycles. The van der Waals surface area contributed by atoms with Crippen molar-refractivity contribution in [3.8, 4) is 0 Å². The molecule has 0 spiro atoms. The van der Waals surface area contributed by atoms with Gasteiger partial charge in [-0.05, 0) is 70.6 Å². The minimum atomic E-state index is -3.41. The monoisotopic (exact) mass is 357 g/mol. The number of hydrogen-bond acceptors (Lipinski definition) is 5. The van der Waals surface area contributed by atoms with Crippen molar-refractivity contribution in [1.82, 2.24) is 15.1 Å². The Morgan fingerprint density at radius 3 is 2.21 bits per heavy atom. The molecule has 24 heavy (non-hydrogen) atoms. The first kappa shape index (κ1) is 18.1. The molecule has 0 aromatic rings. The molecule has 0 aromatic heterocycles. The maximum Gasteiger partial charge on any atom is 0.244 e. The van der Waals surface area contributed by atoms with Crippen molar-refractivity contribution in [2.45, 2.75) is 43.3 Å². The Kier molecular flexibility index (Phi) is 5.52. The maximum atomic E-state index is 13.1. The second-order valence-corrected chi connectivity index (χ2v) is 10.1. The van der Waals surface area contributed by atoms with Crippen molar-refractivity contribution in [2.75, 3.05) is 52.1 Å². The lowest BCUT2D eigenvalue weighted by Gasteiger charge is -2.41. The van der Waals surface area contributed by atoms with Crippen LogP contribution in [0.4, 0.5) is 0 Å². The Bertz CT molecular complexity index is 543. The van der Waals surface area contributed by atoms with E-state index in [0.717, 1.165) is 19.4 Å². The summed E-state index contributed by atoms with van der Waals surface area (Å²) in [5.74, 6) is 0.500. The molecule has 3 rings (SSSR count). The van der Waals surface area contributed by atoms with Crippen molar-refractivity contribution < 1.29 is 13.2 Å². The SMILES string of the molecule is CS(=O)(=O)C1(C(=O)N2CCC(CN3CCCC3)CC2)CCNCC1. The van der Waals surface area contributed by atoms with Gasteiger partial charge >= 0.3 is 0 Å². The zero-order valence-corrected chi connectivity index (χ0v) is 15.6. The first-order valence-corrected chi connectivity index (χ1v) is 11.2. The Morgan fingerprint density at radius 1 is 1.08 bits per heavy atom. The maximum absolute atomic E-state index is 13.1. The van der Waals surface area contributed by atoms with Crippen LogP contribution >= 0.6 is 0 Å². The topological polar surface area (TPSA) is 69.7 Å². The van der Waals surface area contributed by atoms with Gasteiger partial charge in [0, 0.05) is 25.9 Å². The molecule has 1 N–H and O–H groups in total. The van der Waals surface area contributed by atoms with Crippen LogP contribution in [-0.2, 0) is 14.6 Å². The lowest BCUT2D eigenvalue weighted by atomic mass is 9.91. The predicted octanol–water partition coefficient (Wildman–Crippen LogP) is 0.488. The number of hydrogen-bond donors (Lipinski definition) is 1. The normalized spacial score (nSPS) is 26.6. The van der Waals surface area contributed by atoms with Gasteiger partial charge < -0.3 is 15.1 Å². The number of likely N-dealkylation sites (tertiary alicyclic amines) is 2. The van der Waals surface area contributed by atoms with Gasteiger partial charge in [0.2, 0.25) is 5.91 Å². The molecule has 0 unspecified atom stereocenters. The predicted molar refractivity (Wildman–Crippen MR) is 94.7 cm³/mol. The van der Waals surface area contributed by atoms with Crippen molar-refractivity contribution >= 4 is 15.7 Å². The molecule has 3 aliphatic heterocycles. The van der Waals surface area contributed by atoms with Crippen LogP contribution in [0.1, 0.15) is 38.5 Å². The van der Waals surface area contributed by atoms with Crippen LogP contribution in [0.2, 0.25) is 0 Å². The van der Waals surface area contributed by atoms with E-state index >= 15 is 0 Å². The molecule has 3 aliphatic rings. The summed E-state index contributed by atoms with van der Waals surface area (Å²) >= 11 is 0. The fourth-order valence-corrected chi connectivity index (χ4v) is 5.90. The summed E-state index contributed by atoms with van der Waals surface area (Å²) in [5, 5.41) is 3.18. The van der Waals surface area contributed by atoms with Gasteiger partial charge in [0.05, 0.1) is 0 Å². The summed E-state index contributed by atoms with van der Waals surface area (Å²) in [6.07, 6.45) is 6.65. The summed E-state index contributed by atoms with van der Waals surface area (Å²) in [6, 6.07) is 0. The Hall–Kier alpha value is -0.660. The highest BCUT2D eigenvalue weighted by Crippen LogP contribution is 2.32. The lowest BCUT2D eigenvalue weighted by Crippen LogP contribution is -2.59. The van der Waals surface area contributed by atoms with Crippen molar-refractivity contribution in [3.05, 3.63) is 0 Å². The molecule has 138 valence electrons. The van der Waals surface area contributed by atoms with E-state index in [0.29, 0.717) is 44.9 Å². The number of carbonyl (C=O) groups is 1. The molecule has 6 nitrogen and oxygen atoms in total. The molecule has 7 heteroatoms. The molecule has 0 radical (unpaired) electrons. The summed E-state index contributed by atoms with van der Waals surface area (Å²) in [7, 11) is -3.41. The summed E-state index contributed by atoms with van der Waals surface area (Å²) in [5.41, 5.74) is 0. The highest BCUT2D eigenvalue weighted by atomic mass is 32.2. The number of nitrogens with zero attached hydrogens (tertiary/aromatic N) is 2. The molecule has 3 heterocycles. The Labute approximate surface area is 145 Å². The van der Waals surface area contributed by atoms with Crippen LogP contribution in [-0.4, -0.2) is 80.9 Å². The average molecular weight is 358 g/mol. The van der Waals surface area contributed by atoms with Gasteiger partial charge in [-0.1, -0.05) is 0 Å². The van der Waals surface area contributed by atoms with Crippen LogP contribution < -0.4 is 5.32 Å². The Morgan fingerprint density at radius 2 is 1.67 bits per heavy atom. The van der Waals surface area contributed by atoms with Crippen molar-refractivity contribution in [3.63, 3.8) is 0 Å². The van der Waals surface area contributed by atoms with E-state index in [1.807, 2.05) is 4.90 Å². The molecule has 0 aromatic carbocycles. The lowest BCUT2D eigenvalue weighted by molar-refractivity contribution is -0.136. The molecule has 0 saturated carbocycles. The third kappa shape index (κ3) is 3.63. The van der Waals surface area contributed by atoms with Gasteiger partial charge in [0.1, 0.15) is 0 Å². The summed E-state index contributed by atoms with van der Waals surface area (Å²) < 4.78 is 23.6. The van der Waals surface area contributed by atoms with Crippen LogP contribution in [0.15, 0.2) is 0 Å². The second kappa shape index (κ2) is 7.30. The zero-order chi connectivity index (χ0) is 17.2. The number of carbonyl (C=O) groups excluding carboxylic acids is 1. The third-order valence-corrected chi connectivity index (χ3v) is 8.13. The average Bonchev–Trinajstić information content (AvgIpc) is 3.07. The van der Waals surface area contributed by atoms with Crippen molar-refractivity contribution in [1.29, 1.82) is 0 Å². The highest BCUT2D eigenvalue weighted by Gasteiger charge is 2.50. The summed E-state index contributed by atoms with van der Waals surface area (Å²) in [6.45, 7) is 6.19. The van der Waals surface area contributed by atoms with E-state index in [2.05, 4.69) is 10.2 Å². The van der Waals surface area contributed by atoms with Crippen LogP contribution in [0.3, 0.4) is 0 Å². The van der Waals surface area contributed by atoms with E-state index in [9.17, 15) is 13.2 Å². The van der Waals surface area contributed by atoms with E-state index in [-0.39, 0.29) is 5.91 Å². The fraction of sp³-hybridized carbons (Fsp3) is 0.941. The molecule has 3 fully saturated rings. The number of piperidine rings is 2. The Balaban J connectivity index is 1.61. The molecule has 0 bridgehead atoms.